The van der Waals surface area contributed by atoms with Crippen LogP contribution in [0.3, 0.4) is 0 Å². The highest BCUT2D eigenvalue weighted by atomic mass is 16.5. The molecule has 0 aliphatic rings. The molecule has 1 N–H and O–H groups in total. The summed E-state index contributed by atoms with van der Waals surface area (Å²) in [6, 6.07) is 23.9. The van der Waals surface area contributed by atoms with Crippen LogP contribution < -0.4 is 4.74 Å². The Balaban J connectivity index is 2.12. The number of benzene rings is 4. The van der Waals surface area contributed by atoms with Gasteiger partial charge in [-0.15, -0.1) is 0 Å². The summed E-state index contributed by atoms with van der Waals surface area (Å²) >= 11 is 0. The molecular weight excluding hydrogens is 308 g/mol. The molecule has 0 aromatic heterocycles. The predicted octanol–water partition coefficient (Wildman–Crippen LogP) is 5.93. The van der Waals surface area contributed by atoms with E-state index < -0.39 is 0 Å². The minimum Gasteiger partial charge on any atom is -0.507 e. The quantitative estimate of drug-likeness (QED) is 0.471. The third-order valence-electron chi connectivity index (χ3n) is 4.40. The van der Waals surface area contributed by atoms with Crippen LogP contribution in [-0.4, -0.2) is 11.7 Å². The summed E-state index contributed by atoms with van der Waals surface area (Å²) in [7, 11) is 0. The van der Waals surface area contributed by atoms with Crippen molar-refractivity contribution in [3.8, 4) is 22.6 Å². The van der Waals surface area contributed by atoms with Crippen molar-refractivity contribution in [2.24, 2.45) is 0 Å². The standard InChI is InChI=1S/C23H18O2/c1-2-15-25-21-14-12-17-8-4-6-10-19(17)23(21)22-18-9-5-3-7-16(18)11-13-20(22)24/h2-14,24H,1,15H2. The number of fused-ring (bicyclic) bond motifs is 2. The van der Waals surface area contributed by atoms with Gasteiger partial charge in [0.2, 0.25) is 0 Å². The Kier molecular flexibility index (Phi) is 3.87. The Hall–Kier alpha value is -3.26. The van der Waals surface area contributed by atoms with E-state index in [9.17, 15) is 5.11 Å². The van der Waals surface area contributed by atoms with Crippen LogP contribution in [0.1, 0.15) is 0 Å². The number of hydrogen-bond donors (Lipinski definition) is 1. The Morgan fingerprint density at radius 3 is 2.04 bits per heavy atom. The number of aromatic hydroxyl groups is 1. The topological polar surface area (TPSA) is 29.5 Å². The summed E-state index contributed by atoms with van der Waals surface area (Å²) in [5, 5.41) is 14.9. The molecule has 0 atom stereocenters. The van der Waals surface area contributed by atoms with Crippen molar-refractivity contribution in [3.63, 3.8) is 0 Å². The second-order valence-corrected chi connectivity index (χ2v) is 5.94. The van der Waals surface area contributed by atoms with E-state index in [1.807, 2.05) is 54.6 Å². The Labute approximate surface area is 146 Å². The molecule has 0 amide bonds. The lowest BCUT2D eigenvalue weighted by Gasteiger charge is -2.17. The minimum atomic E-state index is 0.249. The van der Waals surface area contributed by atoms with E-state index in [0.29, 0.717) is 6.61 Å². The summed E-state index contributed by atoms with van der Waals surface area (Å²) in [5.74, 6) is 0.990. The minimum absolute atomic E-state index is 0.249. The molecule has 0 fully saturated rings. The highest BCUT2D eigenvalue weighted by molar-refractivity contribution is 6.09. The fraction of sp³-hybridized carbons (Fsp3) is 0.0435. The first-order valence-electron chi connectivity index (χ1n) is 8.26. The second kappa shape index (κ2) is 6.33. The molecule has 0 bridgehead atoms. The van der Waals surface area contributed by atoms with Gasteiger partial charge in [-0.2, -0.15) is 0 Å². The first kappa shape index (κ1) is 15.3. The van der Waals surface area contributed by atoms with Gasteiger partial charge in [-0.1, -0.05) is 73.3 Å². The normalized spacial score (nSPS) is 10.9. The zero-order valence-corrected chi connectivity index (χ0v) is 13.8. The van der Waals surface area contributed by atoms with Crippen molar-refractivity contribution in [3.05, 3.63) is 85.5 Å². The molecule has 25 heavy (non-hydrogen) atoms. The number of phenolic OH excluding ortho intramolecular Hbond substituents is 1. The van der Waals surface area contributed by atoms with Crippen LogP contribution in [0.25, 0.3) is 32.7 Å². The van der Waals surface area contributed by atoms with E-state index in [0.717, 1.165) is 38.4 Å². The Morgan fingerprint density at radius 2 is 1.36 bits per heavy atom. The van der Waals surface area contributed by atoms with Gasteiger partial charge in [-0.3, -0.25) is 0 Å². The summed E-state index contributed by atoms with van der Waals surface area (Å²) in [4.78, 5) is 0. The van der Waals surface area contributed by atoms with Gasteiger partial charge in [-0.05, 0) is 33.7 Å². The maximum Gasteiger partial charge on any atom is 0.128 e. The fourth-order valence-electron chi connectivity index (χ4n) is 3.30. The van der Waals surface area contributed by atoms with Crippen LogP contribution in [-0.2, 0) is 0 Å². The van der Waals surface area contributed by atoms with E-state index in [-0.39, 0.29) is 5.75 Å². The van der Waals surface area contributed by atoms with Crippen molar-refractivity contribution in [1.29, 1.82) is 0 Å². The largest absolute Gasteiger partial charge is 0.507 e. The van der Waals surface area contributed by atoms with E-state index in [4.69, 9.17) is 4.74 Å². The predicted molar refractivity (Wildman–Crippen MR) is 104 cm³/mol. The SMILES string of the molecule is C=CCOc1ccc2ccccc2c1-c1c(O)ccc2ccccc12. The van der Waals surface area contributed by atoms with Gasteiger partial charge in [0.15, 0.2) is 0 Å². The molecule has 0 saturated carbocycles. The molecule has 0 unspecified atom stereocenters. The average Bonchev–Trinajstić information content (AvgIpc) is 2.66. The number of phenols is 1. The number of ether oxygens (including phenoxy) is 1. The Bertz CT molecular complexity index is 1080. The lowest BCUT2D eigenvalue weighted by molar-refractivity contribution is 0.365. The van der Waals surface area contributed by atoms with E-state index >= 15 is 0 Å². The first-order chi connectivity index (χ1) is 12.3. The number of rotatable bonds is 4. The molecule has 4 rings (SSSR count). The van der Waals surface area contributed by atoms with Gasteiger partial charge >= 0.3 is 0 Å². The van der Waals surface area contributed by atoms with Gasteiger partial charge in [0.25, 0.3) is 0 Å². The maximum atomic E-state index is 10.7. The lowest BCUT2D eigenvalue weighted by atomic mass is 9.92. The third kappa shape index (κ3) is 2.62. The van der Waals surface area contributed by atoms with Crippen LogP contribution in [0, 0.1) is 0 Å². The van der Waals surface area contributed by atoms with Gasteiger partial charge in [0, 0.05) is 11.1 Å². The molecule has 0 aliphatic carbocycles. The highest BCUT2D eigenvalue weighted by Crippen LogP contribution is 2.44. The summed E-state index contributed by atoms with van der Waals surface area (Å²) < 4.78 is 5.92. The molecule has 0 aliphatic heterocycles. The zero-order valence-electron chi connectivity index (χ0n) is 13.8. The van der Waals surface area contributed by atoms with Crippen molar-refractivity contribution in [1.82, 2.24) is 0 Å². The van der Waals surface area contributed by atoms with Crippen LogP contribution in [0.2, 0.25) is 0 Å². The van der Waals surface area contributed by atoms with Crippen molar-refractivity contribution < 1.29 is 9.84 Å². The van der Waals surface area contributed by atoms with Crippen molar-refractivity contribution in [2.75, 3.05) is 6.61 Å². The van der Waals surface area contributed by atoms with Gasteiger partial charge in [-0.25, -0.2) is 0 Å². The van der Waals surface area contributed by atoms with E-state index in [2.05, 4.69) is 18.7 Å². The van der Waals surface area contributed by atoms with E-state index in [1.165, 1.54) is 0 Å². The molecule has 2 heteroatoms. The zero-order chi connectivity index (χ0) is 17.2. The Morgan fingerprint density at radius 1 is 0.760 bits per heavy atom. The van der Waals surface area contributed by atoms with Gasteiger partial charge in [0.05, 0.1) is 0 Å². The van der Waals surface area contributed by atoms with E-state index in [1.54, 1.807) is 12.1 Å². The van der Waals surface area contributed by atoms with Crippen LogP contribution in [0.5, 0.6) is 11.5 Å². The molecule has 0 saturated heterocycles. The summed E-state index contributed by atoms with van der Waals surface area (Å²) in [6.45, 7) is 4.15. The lowest BCUT2D eigenvalue weighted by Crippen LogP contribution is -1.96. The molecule has 4 aromatic carbocycles. The van der Waals surface area contributed by atoms with Crippen LogP contribution in [0.4, 0.5) is 0 Å². The molecule has 4 aromatic rings. The summed E-state index contributed by atoms with van der Waals surface area (Å²) in [5.41, 5.74) is 1.71. The molecule has 122 valence electrons. The number of hydrogen-bond acceptors (Lipinski definition) is 2. The third-order valence-corrected chi connectivity index (χ3v) is 4.40. The fourth-order valence-corrected chi connectivity index (χ4v) is 3.30. The highest BCUT2D eigenvalue weighted by Gasteiger charge is 2.17. The molecule has 2 nitrogen and oxygen atoms in total. The first-order valence-corrected chi connectivity index (χ1v) is 8.26. The molecule has 0 spiro atoms. The molecule has 0 heterocycles. The van der Waals surface area contributed by atoms with Gasteiger partial charge < -0.3 is 9.84 Å². The van der Waals surface area contributed by atoms with Crippen molar-refractivity contribution in [2.45, 2.75) is 0 Å². The van der Waals surface area contributed by atoms with Crippen LogP contribution in [0.15, 0.2) is 85.5 Å². The summed E-state index contributed by atoms with van der Waals surface area (Å²) in [6.07, 6.45) is 1.72. The molecular formula is C23H18O2. The van der Waals surface area contributed by atoms with Crippen molar-refractivity contribution >= 4 is 21.5 Å². The second-order valence-electron chi connectivity index (χ2n) is 5.94. The van der Waals surface area contributed by atoms with Crippen LogP contribution >= 0.6 is 0 Å². The average molecular weight is 326 g/mol. The monoisotopic (exact) mass is 326 g/mol. The van der Waals surface area contributed by atoms with Gasteiger partial charge in [0.1, 0.15) is 18.1 Å². The molecule has 0 radical (unpaired) electrons. The smallest absolute Gasteiger partial charge is 0.128 e. The maximum absolute atomic E-state index is 10.7.